The van der Waals surface area contributed by atoms with Crippen molar-refractivity contribution in [3.8, 4) is 5.75 Å². The molecule has 100 valence electrons. The van der Waals surface area contributed by atoms with Crippen LogP contribution in [-0.2, 0) is 12.8 Å². The Hall–Kier alpha value is -1.09. The van der Waals surface area contributed by atoms with Crippen LogP contribution in [0.2, 0.25) is 0 Å². The molecule has 0 aromatic heterocycles. The third-order valence-electron chi connectivity index (χ3n) is 3.02. The first-order chi connectivity index (χ1) is 8.69. The third kappa shape index (κ3) is 4.65. The summed E-state index contributed by atoms with van der Waals surface area (Å²) in [6.45, 7) is 4.41. The Kier molecular flexibility index (Phi) is 6.73. The van der Waals surface area contributed by atoms with Gasteiger partial charge in [0.15, 0.2) is 0 Å². The van der Waals surface area contributed by atoms with E-state index in [4.69, 9.17) is 22.7 Å². The van der Waals surface area contributed by atoms with Crippen molar-refractivity contribution in [2.45, 2.75) is 52.4 Å². The molecule has 0 fully saturated rings. The molecule has 1 aromatic rings. The second-order valence-electron chi connectivity index (χ2n) is 4.52. The summed E-state index contributed by atoms with van der Waals surface area (Å²) in [5.41, 5.74) is 8.13. The summed E-state index contributed by atoms with van der Waals surface area (Å²) in [5, 5.41) is 0.0976. The van der Waals surface area contributed by atoms with Gasteiger partial charge in [0.05, 0.1) is 0 Å². The van der Waals surface area contributed by atoms with E-state index < -0.39 is 0 Å². The summed E-state index contributed by atoms with van der Waals surface area (Å²) in [7, 11) is 0. The largest absolute Gasteiger partial charge is 0.432 e. The van der Waals surface area contributed by atoms with Crippen molar-refractivity contribution >= 4 is 17.4 Å². The molecule has 2 N–H and O–H groups in total. The van der Waals surface area contributed by atoms with E-state index in [-0.39, 0.29) is 5.17 Å². The first-order valence-electron chi connectivity index (χ1n) is 6.77. The van der Waals surface area contributed by atoms with E-state index in [0.29, 0.717) is 0 Å². The lowest BCUT2D eigenvalue weighted by Gasteiger charge is -2.14. The molecule has 1 aromatic carbocycles. The number of hydrogen-bond donors (Lipinski definition) is 1. The van der Waals surface area contributed by atoms with Crippen LogP contribution in [-0.4, -0.2) is 5.17 Å². The Morgan fingerprint density at radius 2 is 1.83 bits per heavy atom. The lowest BCUT2D eigenvalue weighted by Crippen LogP contribution is -2.17. The minimum atomic E-state index is 0.0976. The second kappa shape index (κ2) is 8.09. The van der Waals surface area contributed by atoms with E-state index in [2.05, 4.69) is 19.9 Å². The van der Waals surface area contributed by atoms with Gasteiger partial charge in [0.25, 0.3) is 5.17 Å². The summed E-state index contributed by atoms with van der Waals surface area (Å²) in [4.78, 5) is 0. The van der Waals surface area contributed by atoms with Gasteiger partial charge in [0, 0.05) is 0 Å². The van der Waals surface area contributed by atoms with E-state index >= 15 is 0 Å². The number of thiocarbonyl (C=S) groups is 1. The number of rotatable bonds is 7. The predicted octanol–water partition coefficient (Wildman–Crippen LogP) is 3.99. The van der Waals surface area contributed by atoms with Crippen molar-refractivity contribution < 1.29 is 4.74 Å². The van der Waals surface area contributed by atoms with E-state index in [1.54, 1.807) is 0 Å². The number of ether oxygens (including phenoxy) is 1. The summed E-state index contributed by atoms with van der Waals surface area (Å²) in [5.74, 6) is 0.838. The fraction of sp³-hybridized carbons (Fsp3) is 0.533. The molecular formula is C15H23NOS. The zero-order chi connectivity index (χ0) is 13.4. The summed E-state index contributed by atoms with van der Waals surface area (Å²) in [6, 6.07) is 6.17. The summed E-state index contributed by atoms with van der Waals surface area (Å²) in [6.07, 6.45) is 6.88. The van der Waals surface area contributed by atoms with Crippen molar-refractivity contribution in [2.24, 2.45) is 5.73 Å². The van der Waals surface area contributed by atoms with Gasteiger partial charge in [-0.1, -0.05) is 38.8 Å². The molecule has 0 radical (unpaired) electrons. The fourth-order valence-electron chi connectivity index (χ4n) is 2.05. The van der Waals surface area contributed by atoms with Gasteiger partial charge in [-0.2, -0.15) is 0 Å². The van der Waals surface area contributed by atoms with Crippen LogP contribution in [0.15, 0.2) is 18.2 Å². The molecule has 0 bridgehead atoms. The van der Waals surface area contributed by atoms with E-state index in [1.165, 1.54) is 30.4 Å². The average Bonchev–Trinajstić information content (AvgIpc) is 2.34. The smallest absolute Gasteiger partial charge is 0.259 e. The SMILES string of the molecule is CCCCc1cccc(OC(N)=S)c1CCCC. The second-order valence-corrected chi connectivity index (χ2v) is 4.92. The highest BCUT2D eigenvalue weighted by atomic mass is 32.1. The van der Waals surface area contributed by atoms with Gasteiger partial charge < -0.3 is 10.5 Å². The van der Waals surface area contributed by atoms with Crippen molar-refractivity contribution in [3.63, 3.8) is 0 Å². The molecule has 1 rings (SSSR count). The Morgan fingerprint density at radius 1 is 1.17 bits per heavy atom. The fourth-order valence-corrected chi connectivity index (χ4v) is 2.14. The minimum Gasteiger partial charge on any atom is -0.432 e. The normalized spacial score (nSPS) is 10.3. The zero-order valence-electron chi connectivity index (χ0n) is 11.4. The van der Waals surface area contributed by atoms with Gasteiger partial charge in [-0.15, -0.1) is 0 Å². The molecular weight excluding hydrogens is 242 g/mol. The molecule has 18 heavy (non-hydrogen) atoms. The topological polar surface area (TPSA) is 35.2 Å². The molecule has 0 aliphatic carbocycles. The van der Waals surface area contributed by atoms with Gasteiger partial charge >= 0.3 is 0 Å². The van der Waals surface area contributed by atoms with Crippen LogP contribution in [0.5, 0.6) is 5.75 Å². The molecule has 0 heterocycles. The van der Waals surface area contributed by atoms with Gasteiger partial charge in [-0.05, 0) is 55.1 Å². The van der Waals surface area contributed by atoms with E-state index in [0.717, 1.165) is 25.0 Å². The molecule has 0 saturated carbocycles. The van der Waals surface area contributed by atoms with E-state index in [9.17, 15) is 0 Å². The molecule has 0 aliphatic rings. The summed E-state index contributed by atoms with van der Waals surface area (Å²) >= 11 is 4.84. The Labute approximate surface area is 116 Å². The average molecular weight is 265 g/mol. The summed E-state index contributed by atoms with van der Waals surface area (Å²) < 4.78 is 5.47. The highest BCUT2D eigenvalue weighted by Gasteiger charge is 2.10. The number of benzene rings is 1. The number of hydrogen-bond acceptors (Lipinski definition) is 2. The number of nitrogens with two attached hydrogens (primary N) is 1. The van der Waals surface area contributed by atoms with Crippen LogP contribution in [0, 0.1) is 0 Å². The minimum absolute atomic E-state index is 0.0976. The zero-order valence-corrected chi connectivity index (χ0v) is 12.2. The molecule has 0 saturated heterocycles. The molecule has 3 heteroatoms. The van der Waals surface area contributed by atoms with Crippen molar-refractivity contribution in [1.29, 1.82) is 0 Å². The number of aryl methyl sites for hydroxylation is 1. The highest BCUT2D eigenvalue weighted by molar-refractivity contribution is 7.80. The highest BCUT2D eigenvalue weighted by Crippen LogP contribution is 2.26. The van der Waals surface area contributed by atoms with Gasteiger partial charge in [-0.25, -0.2) is 0 Å². The maximum atomic E-state index is 5.48. The van der Waals surface area contributed by atoms with Gasteiger partial charge in [0.1, 0.15) is 5.75 Å². The maximum absolute atomic E-state index is 5.48. The van der Waals surface area contributed by atoms with Crippen molar-refractivity contribution in [3.05, 3.63) is 29.3 Å². The van der Waals surface area contributed by atoms with Gasteiger partial charge in [0.2, 0.25) is 0 Å². The first kappa shape index (κ1) is 15.0. The molecule has 0 amide bonds. The molecule has 0 unspecified atom stereocenters. The Balaban J connectivity index is 2.95. The van der Waals surface area contributed by atoms with Crippen LogP contribution in [0.4, 0.5) is 0 Å². The Morgan fingerprint density at radius 3 is 2.44 bits per heavy atom. The van der Waals surface area contributed by atoms with Crippen LogP contribution in [0.1, 0.15) is 50.7 Å². The van der Waals surface area contributed by atoms with E-state index in [1.807, 2.05) is 12.1 Å². The predicted molar refractivity (Wildman–Crippen MR) is 81.1 cm³/mol. The van der Waals surface area contributed by atoms with Crippen LogP contribution < -0.4 is 10.5 Å². The molecule has 0 aliphatic heterocycles. The van der Waals surface area contributed by atoms with Gasteiger partial charge in [-0.3, -0.25) is 0 Å². The van der Waals surface area contributed by atoms with Crippen molar-refractivity contribution in [1.82, 2.24) is 0 Å². The molecule has 0 spiro atoms. The quantitative estimate of drug-likeness (QED) is 0.757. The molecule has 0 atom stereocenters. The first-order valence-corrected chi connectivity index (χ1v) is 7.17. The monoisotopic (exact) mass is 265 g/mol. The number of unbranched alkanes of at least 4 members (excludes halogenated alkanes) is 2. The molecule has 2 nitrogen and oxygen atoms in total. The van der Waals surface area contributed by atoms with Crippen molar-refractivity contribution in [2.75, 3.05) is 0 Å². The van der Waals surface area contributed by atoms with Crippen LogP contribution in [0.3, 0.4) is 0 Å². The lowest BCUT2D eigenvalue weighted by atomic mass is 9.97. The third-order valence-corrected chi connectivity index (χ3v) is 3.10. The van der Waals surface area contributed by atoms with Crippen LogP contribution in [0.25, 0.3) is 0 Å². The standard InChI is InChI=1S/C15H23NOS/c1-3-5-8-12-9-7-11-14(17-15(16)18)13(12)10-6-4-2/h7,9,11H,3-6,8,10H2,1-2H3,(H2,16,18). The van der Waals surface area contributed by atoms with Crippen LogP contribution >= 0.6 is 12.2 Å². The lowest BCUT2D eigenvalue weighted by molar-refractivity contribution is 0.544. The maximum Gasteiger partial charge on any atom is 0.259 e. The Bertz CT molecular complexity index is 390.